The van der Waals surface area contributed by atoms with Crippen LogP contribution in [-0.4, -0.2) is 24.1 Å². The number of nitrogens with zero attached hydrogens (tertiary/aromatic N) is 1. The number of H-pyrrole nitrogens is 1. The highest BCUT2D eigenvalue weighted by Crippen LogP contribution is 2.30. The number of hydrogen-bond acceptors (Lipinski definition) is 5. The molecule has 144 valence electrons. The van der Waals surface area contributed by atoms with Crippen LogP contribution in [0.15, 0.2) is 51.2 Å². The second-order valence-corrected chi connectivity index (χ2v) is 7.46. The molecule has 4 aromatic rings. The highest BCUT2D eigenvalue weighted by molar-refractivity contribution is 7.17. The van der Waals surface area contributed by atoms with E-state index in [4.69, 9.17) is 9.15 Å². The summed E-state index contributed by atoms with van der Waals surface area (Å²) >= 11 is 1.41. The SMILES string of the molecule is COc1ccc(C[NH+](C)Cc2nc3scc(-c4ccco4)c3c(=O)[nH]2)cc1F. The fourth-order valence-corrected chi connectivity index (χ4v) is 4.15. The van der Waals surface area contributed by atoms with Crippen molar-refractivity contribution in [2.45, 2.75) is 13.1 Å². The number of benzene rings is 1. The zero-order chi connectivity index (χ0) is 19.7. The molecule has 1 aromatic carbocycles. The molecular formula is C20H19FN3O3S+. The van der Waals surface area contributed by atoms with Crippen LogP contribution in [0, 0.1) is 5.82 Å². The van der Waals surface area contributed by atoms with E-state index >= 15 is 0 Å². The second kappa shape index (κ2) is 7.57. The molecule has 28 heavy (non-hydrogen) atoms. The largest absolute Gasteiger partial charge is 0.494 e. The number of ether oxygens (including phenoxy) is 1. The van der Waals surface area contributed by atoms with Crippen molar-refractivity contribution in [2.24, 2.45) is 0 Å². The lowest BCUT2D eigenvalue weighted by Gasteiger charge is -2.14. The Morgan fingerprint density at radius 3 is 2.89 bits per heavy atom. The van der Waals surface area contributed by atoms with Crippen LogP contribution in [0.25, 0.3) is 21.5 Å². The number of quaternary nitrogens is 1. The minimum absolute atomic E-state index is 0.184. The van der Waals surface area contributed by atoms with Crippen LogP contribution in [0.2, 0.25) is 0 Å². The van der Waals surface area contributed by atoms with Crippen molar-refractivity contribution in [3.8, 4) is 17.1 Å². The molecule has 4 rings (SSSR count). The molecule has 0 saturated carbocycles. The maximum atomic E-state index is 13.9. The van der Waals surface area contributed by atoms with Gasteiger partial charge in [0.2, 0.25) is 0 Å². The molecule has 0 amide bonds. The molecule has 0 saturated heterocycles. The number of aromatic amines is 1. The molecule has 1 unspecified atom stereocenters. The topological polar surface area (TPSA) is 72.6 Å². The maximum Gasteiger partial charge on any atom is 0.260 e. The Morgan fingerprint density at radius 2 is 2.18 bits per heavy atom. The van der Waals surface area contributed by atoms with Crippen molar-refractivity contribution < 1.29 is 18.4 Å². The minimum Gasteiger partial charge on any atom is -0.494 e. The normalized spacial score (nSPS) is 12.4. The second-order valence-electron chi connectivity index (χ2n) is 6.60. The van der Waals surface area contributed by atoms with Gasteiger partial charge < -0.3 is 19.0 Å². The van der Waals surface area contributed by atoms with E-state index in [1.54, 1.807) is 18.4 Å². The van der Waals surface area contributed by atoms with Crippen LogP contribution in [0.3, 0.4) is 0 Å². The fourth-order valence-electron chi connectivity index (χ4n) is 3.21. The Balaban J connectivity index is 1.55. The fraction of sp³-hybridized carbons (Fsp3) is 0.200. The number of thiophene rings is 1. The number of nitrogens with one attached hydrogen (secondary N) is 2. The van der Waals surface area contributed by atoms with Gasteiger partial charge in [-0.2, -0.15) is 0 Å². The molecule has 0 bridgehead atoms. The van der Waals surface area contributed by atoms with Crippen molar-refractivity contribution in [1.82, 2.24) is 9.97 Å². The van der Waals surface area contributed by atoms with Crippen LogP contribution < -0.4 is 15.2 Å². The first kappa shape index (κ1) is 18.4. The summed E-state index contributed by atoms with van der Waals surface area (Å²) in [5.74, 6) is 1.08. The number of halogens is 1. The number of methoxy groups -OCH3 is 1. The van der Waals surface area contributed by atoms with Gasteiger partial charge in [0.05, 0.1) is 25.8 Å². The average Bonchev–Trinajstić information content (AvgIpc) is 3.31. The Morgan fingerprint density at radius 1 is 1.32 bits per heavy atom. The Bertz CT molecular complexity index is 1170. The number of fused-ring (bicyclic) bond motifs is 1. The molecule has 6 nitrogen and oxygen atoms in total. The lowest BCUT2D eigenvalue weighted by Crippen LogP contribution is -3.06. The molecule has 0 spiro atoms. The third-order valence-electron chi connectivity index (χ3n) is 4.47. The van der Waals surface area contributed by atoms with E-state index in [2.05, 4.69) is 9.97 Å². The maximum absolute atomic E-state index is 13.9. The van der Waals surface area contributed by atoms with Crippen molar-refractivity contribution in [2.75, 3.05) is 14.2 Å². The lowest BCUT2D eigenvalue weighted by atomic mass is 10.2. The first-order valence-corrected chi connectivity index (χ1v) is 9.61. The van der Waals surface area contributed by atoms with Gasteiger partial charge in [0, 0.05) is 16.5 Å². The van der Waals surface area contributed by atoms with E-state index < -0.39 is 0 Å². The molecular weight excluding hydrogens is 381 g/mol. The van der Waals surface area contributed by atoms with Crippen LogP contribution in [-0.2, 0) is 13.1 Å². The Labute approximate surface area is 164 Å². The summed E-state index contributed by atoms with van der Waals surface area (Å²) in [5, 5.41) is 2.42. The molecule has 2 N–H and O–H groups in total. The summed E-state index contributed by atoms with van der Waals surface area (Å²) in [5.41, 5.74) is 1.41. The molecule has 8 heteroatoms. The van der Waals surface area contributed by atoms with Crippen molar-refractivity contribution in [3.63, 3.8) is 0 Å². The molecule has 0 aliphatic rings. The molecule has 3 heterocycles. The predicted molar refractivity (Wildman–Crippen MR) is 105 cm³/mol. The number of furan rings is 1. The first-order valence-electron chi connectivity index (χ1n) is 8.73. The van der Waals surface area contributed by atoms with Crippen molar-refractivity contribution in [3.05, 3.63) is 69.5 Å². The minimum atomic E-state index is -0.384. The first-order chi connectivity index (χ1) is 13.5. The summed E-state index contributed by atoms with van der Waals surface area (Å²) < 4.78 is 24.2. The zero-order valence-corrected chi connectivity index (χ0v) is 16.2. The summed E-state index contributed by atoms with van der Waals surface area (Å²) in [6, 6.07) is 8.53. The van der Waals surface area contributed by atoms with E-state index in [1.807, 2.05) is 24.6 Å². The van der Waals surface area contributed by atoms with Gasteiger partial charge in [-0.3, -0.25) is 4.79 Å². The summed E-state index contributed by atoms with van der Waals surface area (Å²) in [4.78, 5) is 21.8. The predicted octanol–water partition coefficient (Wildman–Crippen LogP) is 2.61. The molecule has 0 aliphatic heterocycles. The van der Waals surface area contributed by atoms with Gasteiger partial charge in [-0.1, -0.05) is 0 Å². The third kappa shape index (κ3) is 3.56. The zero-order valence-electron chi connectivity index (χ0n) is 15.4. The van der Waals surface area contributed by atoms with Crippen LogP contribution in [0.1, 0.15) is 11.4 Å². The van der Waals surface area contributed by atoms with Gasteiger partial charge in [0.25, 0.3) is 5.56 Å². The van der Waals surface area contributed by atoms with E-state index in [0.29, 0.717) is 34.9 Å². The van der Waals surface area contributed by atoms with Gasteiger partial charge in [-0.15, -0.1) is 11.3 Å². The number of aromatic nitrogens is 2. The number of hydrogen-bond donors (Lipinski definition) is 2. The van der Waals surface area contributed by atoms with Gasteiger partial charge in [0.1, 0.15) is 23.7 Å². The average molecular weight is 400 g/mol. The standard InChI is InChI=1S/C20H18FN3O3S/c1-24(9-12-5-6-16(26-2)14(21)8-12)10-17-22-19(25)18-13(11-28-20(18)23-17)15-4-3-7-27-15/h3-8,11H,9-10H2,1-2H3,(H,22,23,25)/p+1. The smallest absolute Gasteiger partial charge is 0.260 e. The monoisotopic (exact) mass is 400 g/mol. The molecule has 1 atom stereocenters. The molecule has 0 aliphatic carbocycles. The van der Waals surface area contributed by atoms with Crippen molar-refractivity contribution in [1.29, 1.82) is 0 Å². The van der Waals surface area contributed by atoms with Crippen LogP contribution in [0.4, 0.5) is 4.39 Å². The number of rotatable bonds is 6. The summed E-state index contributed by atoms with van der Waals surface area (Å²) in [7, 11) is 3.41. The molecule has 0 radical (unpaired) electrons. The van der Waals surface area contributed by atoms with Gasteiger partial charge >= 0.3 is 0 Å². The lowest BCUT2D eigenvalue weighted by molar-refractivity contribution is -0.908. The quantitative estimate of drug-likeness (QED) is 0.522. The molecule has 3 aromatic heterocycles. The third-order valence-corrected chi connectivity index (χ3v) is 5.34. The van der Waals surface area contributed by atoms with Crippen LogP contribution in [0.5, 0.6) is 5.75 Å². The van der Waals surface area contributed by atoms with E-state index in [0.717, 1.165) is 16.0 Å². The Hall–Kier alpha value is -2.97. The van der Waals surface area contributed by atoms with E-state index in [-0.39, 0.29) is 17.1 Å². The molecule has 0 fully saturated rings. The summed E-state index contributed by atoms with van der Waals surface area (Å²) in [6.45, 7) is 1.09. The van der Waals surface area contributed by atoms with E-state index in [9.17, 15) is 9.18 Å². The van der Waals surface area contributed by atoms with Gasteiger partial charge in [-0.25, -0.2) is 9.37 Å². The van der Waals surface area contributed by atoms with Gasteiger partial charge in [0.15, 0.2) is 17.4 Å². The van der Waals surface area contributed by atoms with E-state index in [1.165, 1.54) is 24.5 Å². The van der Waals surface area contributed by atoms with Crippen LogP contribution >= 0.6 is 11.3 Å². The highest BCUT2D eigenvalue weighted by atomic mass is 32.1. The van der Waals surface area contributed by atoms with Crippen molar-refractivity contribution >= 4 is 21.6 Å². The van der Waals surface area contributed by atoms with Gasteiger partial charge in [-0.05, 0) is 30.3 Å². The summed E-state index contributed by atoms with van der Waals surface area (Å²) in [6.07, 6.45) is 1.58. The highest BCUT2D eigenvalue weighted by Gasteiger charge is 2.16. The Kier molecular flexibility index (Phi) is 4.97.